The third-order valence-corrected chi connectivity index (χ3v) is 11.0. The molecule has 8 nitrogen and oxygen atoms in total. The van der Waals surface area contributed by atoms with Gasteiger partial charge in [0.15, 0.2) is 15.4 Å². The Bertz CT molecular complexity index is 2040. The first kappa shape index (κ1) is 33.6. The third-order valence-electron chi connectivity index (χ3n) is 8.67. The van der Waals surface area contributed by atoms with Gasteiger partial charge in [-0.2, -0.15) is 0 Å². The van der Waals surface area contributed by atoms with Crippen molar-refractivity contribution >= 4 is 48.2 Å². The number of nitrogens with zero attached hydrogens (tertiary/aromatic N) is 3. The van der Waals surface area contributed by atoms with E-state index in [0.29, 0.717) is 29.4 Å². The van der Waals surface area contributed by atoms with Gasteiger partial charge in [0.2, 0.25) is 0 Å². The fourth-order valence-corrected chi connectivity index (χ4v) is 8.07. The Labute approximate surface area is 288 Å². The van der Waals surface area contributed by atoms with Gasteiger partial charge in [0.05, 0.1) is 32.9 Å². The van der Waals surface area contributed by atoms with Gasteiger partial charge in [-0.15, -0.1) is 0 Å². The van der Waals surface area contributed by atoms with E-state index in [1.54, 1.807) is 36.6 Å². The second-order valence-corrected chi connectivity index (χ2v) is 14.7. The fourth-order valence-electron chi connectivity index (χ4n) is 6.24. The number of nitrogens with one attached hydrogen (secondary N) is 1. The smallest absolute Gasteiger partial charge is 0.179 e. The average molecular weight is 732 g/mol. The molecule has 2 unspecified atom stereocenters. The molecule has 248 valence electrons. The van der Waals surface area contributed by atoms with E-state index in [1.807, 2.05) is 55.6 Å². The number of halogens is 2. The summed E-state index contributed by atoms with van der Waals surface area (Å²) in [6, 6.07) is 26.5. The number of likely N-dealkylation sites (N-methyl/N-ethyl adjacent to an activating group) is 1. The van der Waals surface area contributed by atoms with E-state index in [4.69, 9.17) is 9.47 Å². The number of rotatable bonds is 13. The van der Waals surface area contributed by atoms with Crippen LogP contribution in [0.15, 0.2) is 119 Å². The third kappa shape index (κ3) is 7.23. The molecule has 0 radical (unpaired) electrons. The molecular weight excluding hydrogens is 695 g/mol. The van der Waals surface area contributed by atoms with Crippen molar-refractivity contribution in [2.24, 2.45) is 0 Å². The molecular formula is C37H36BrFN4O4S. The van der Waals surface area contributed by atoms with Crippen LogP contribution in [0.1, 0.15) is 30.9 Å². The molecule has 4 aromatic carbocycles. The lowest BCUT2D eigenvalue weighted by molar-refractivity contribution is -0.0397. The molecule has 1 aliphatic heterocycles. The van der Waals surface area contributed by atoms with Crippen molar-refractivity contribution < 1.29 is 22.3 Å². The molecule has 5 aromatic rings. The van der Waals surface area contributed by atoms with E-state index in [2.05, 4.69) is 49.1 Å². The standard InChI is InChI=1S/C37H36BrFN4O4S/c1-3-35(43(2)18-20-48(44,45)30-11-5-4-6-12-30)37(17-8-19-47-37)27-13-15-33-31(22-27)36(41-25-40-33)42-29-14-16-34(32(38)23-29)46-24-26-9-7-10-28(39)21-26/h4-16,19,21-23,25,35H,3,17-18,20,24H2,1-2H3,(H,40,41,42). The minimum Gasteiger partial charge on any atom is -0.489 e. The molecule has 0 fully saturated rings. The molecule has 11 heteroatoms. The second-order valence-electron chi connectivity index (χ2n) is 11.8. The number of anilines is 2. The monoisotopic (exact) mass is 730 g/mol. The summed E-state index contributed by atoms with van der Waals surface area (Å²) >= 11 is 3.60. The van der Waals surface area contributed by atoms with Crippen LogP contribution in [0, 0.1) is 5.82 Å². The predicted octanol–water partition coefficient (Wildman–Crippen LogP) is 8.17. The highest BCUT2D eigenvalue weighted by Crippen LogP contribution is 2.43. The van der Waals surface area contributed by atoms with Crippen molar-refractivity contribution in [1.82, 2.24) is 14.9 Å². The Morgan fingerprint density at radius 2 is 1.88 bits per heavy atom. The van der Waals surface area contributed by atoms with Gasteiger partial charge in [-0.1, -0.05) is 43.3 Å². The van der Waals surface area contributed by atoms with Crippen molar-refractivity contribution in [3.8, 4) is 5.75 Å². The molecule has 1 aromatic heterocycles. The van der Waals surface area contributed by atoms with Gasteiger partial charge in [0.25, 0.3) is 0 Å². The number of sulfone groups is 1. The highest BCUT2D eigenvalue weighted by atomic mass is 79.9. The maximum atomic E-state index is 13.6. The van der Waals surface area contributed by atoms with E-state index in [1.165, 1.54) is 18.5 Å². The SMILES string of the molecule is CCC(N(C)CCS(=O)(=O)c1ccccc1)C1(c2ccc3ncnc(Nc4ccc(OCc5cccc(F)c5)c(Br)c4)c3c2)CC=CO1. The van der Waals surface area contributed by atoms with Crippen LogP contribution in [-0.4, -0.2) is 48.7 Å². The molecule has 0 aliphatic carbocycles. The number of aromatic nitrogens is 2. The first-order valence-corrected chi connectivity index (χ1v) is 18.1. The molecule has 2 heterocycles. The van der Waals surface area contributed by atoms with Crippen LogP contribution < -0.4 is 10.1 Å². The molecule has 0 bridgehead atoms. The zero-order valence-electron chi connectivity index (χ0n) is 26.6. The molecule has 48 heavy (non-hydrogen) atoms. The molecule has 1 aliphatic rings. The fraction of sp³-hybridized carbons (Fsp3) is 0.243. The van der Waals surface area contributed by atoms with E-state index in [9.17, 15) is 12.8 Å². The van der Waals surface area contributed by atoms with E-state index in [0.717, 1.165) is 38.6 Å². The number of hydrogen-bond donors (Lipinski definition) is 1. The van der Waals surface area contributed by atoms with E-state index in [-0.39, 0.29) is 24.2 Å². The number of benzene rings is 4. The van der Waals surface area contributed by atoms with Gasteiger partial charge >= 0.3 is 0 Å². The van der Waals surface area contributed by atoms with Crippen LogP contribution in [0.4, 0.5) is 15.9 Å². The summed E-state index contributed by atoms with van der Waals surface area (Å²) < 4.78 is 52.8. The van der Waals surface area contributed by atoms with Gasteiger partial charge in [-0.05, 0) is 101 Å². The van der Waals surface area contributed by atoms with Gasteiger partial charge in [-0.25, -0.2) is 22.8 Å². The van der Waals surface area contributed by atoms with Crippen molar-refractivity contribution in [2.45, 2.75) is 42.9 Å². The maximum absolute atomic E-state index is 13.6. The Balaban J connectivity index is 1.23. The quantitative estimate of drug-likeness (QED) is 0.130. The largest absolute Gasteiger partial charge is 0.489 e. The van der Waals surface area contributed by atoms with Crippen LogP contribution in [0.2, 0.25) is 0 Å². The highest BCUT2D eigenvalue weighted by molar-refractivity contribution is 9.10. The zero-order chi connectivity index (χ0) is 33.7. The number of ether oxygens (including phenoxy) is 2. The Morgan fingerprint density at radius 1 is 1.04 bits per heavy atom. The van der Waals surface area contributed by atoms with Crippen molar-refractivity contribution in [3.05, 3.63) is 131 Å². The Morgan fingerprint density at radius 3 is 2.60 bits per heavy atom. The van der Waals surface area contributed by atoms with Crippen molar-refractivity contribution in [1.29, 1.82) is 0 Å². The maximum Gasteiger partial charge on any atom is 0.179 e. The predicted molar refractivity (Wildman–Crippen MR) is 189 cm³/mol. The molecule has 1 N–H and O–H groups in total. The Hall–Kier alpha value is -4.32. The van der Waals surface area contributed by atoms with Crippen LogP contribution >= 0.6 is 15.9 Å². The molecule has 0 saturated heterocycles. The van der Waals surface area contributed by atoms with Crippen molar-refractivity contribution in [2.75, 3.05) is 24.7 Å². The lowest BCUT2D eigenvalue weighted by atomic mass is 9.81. The summed E-state index contributed by atoms with van der Waals surface area (Å²) in [7, 11) is -1.48. The normalized spacial score (nSPS) is 16.6. The van der Waals surface area contributed by atoms with Gasteiger partial charge in [-0.3, -0.25) is 4.90 Å². The summed E-state index contributed by atoms with van der Waals surface area (Å²) in [5, 5.41) is 4.24. The number of hydrogen-bond acceptors (Lipinski definition) is 8. The minimum atomic E-state index is -3.44. The molecule has 0 saturated carbocycles. The highest BCUT2D eigenvalue weighted by Gasteiger charge is 2.45. The summed E-state index contributed by atoms with van der Waals surface area (Å²) in [4.78, 5) is 11.5. The topological polar surface area (TPSA) is 93.7 Å². The number of fused-ring (bicyclic) bond motifs is 1. The van der Waals surface area contributed by atoms with E-state index >= 15 is 0 Å². The molecule has 6 rings (SSSR count). The van der Waals surface area contributed by atoms with Gasteiger partial charge in [0.1, 0.15) is 30.3 Å². The first-order chi connectivity index (χ1) is 23.2. The zero-order valence-corrected chi connectivity index (χ0v) is 29.0. The van der Waals surface area contributed by atoms with Gasteiger partial charge < -0.3 is 14.8 Å². The first-order valence-electron chi connectivity index (χ1n) is 15.7. The van der Waals surface area contributed by atoms with Gasteiger partial charge in [0, 0.05) is 24.0 Å². The molecule has 0 amide bonds. The van der Waals surface area contributed by atoms with Crippen LogP contribution in [0.3, 0.4) is 0 Å². The summed E-state index contributed by atoms with van der Waals surface area (Å²) in [6.07, 6.45) is 6.64. The minimum absolute atomic E-state index is 0.00263. The summed E-state index contributed by atoms with van der Waals surface area (Å²) in [6.45, 7) is 2.68. The summed E-state index contributed by atoms with van der Waals surface area (Å²) in [5.74, 6) is 0.942. The van der Waals surface area contributed by atoms with E-state index < -0.39 is 15.4 Å². The lowest BCUT2D eigenvalue weighted by Gasteiger charge is -2.42. The second kappa shape index (κ2) is 14.4. The summed E-state index contributed by atoms with van der Waals surface area (Å²) in [5.41, 5.74) is 2.50. The van der Waals surface area contributed by atoms with Crippen molar-refractivity contribution in [3.63, 3.8) is 0 Å². The molecule has 2 atom stereocenters. The molecule has 0 spiro atoms. The average Bonchev–Trinajstić information content (AvgIpc) is 3.58. The lowest BCUT2D eigenvalue weighted by Crippen LogP contribution is -2.50. The van der Waals surface area contributed by atoms with Crippen LogP contribution in [0.25, 0.3) is 10.9 Å². The van der Waals surface area contributed by atoms with Crippen LogP contribution in [-0.2, 0) is 26.8 Å². The Kier molecular flexibility index (Phi) is 10.1. The van der Waals surface area contributed by atoms with Crippen LogP contribution in [0.5, 0.6) is 5.75 Å².